The number of hydrogen-bond donors (Lipinski definition) is 2. The van der Waals surface area contributed by atoms with Crippen LogP contribution in [0.25, 0.3) is 0 Å². The maximum absolute atomic E-state index is 12.7. The van der Waals surface area contributed by atoms with E-state index in [0.717, 1.165) is 0 Å². The summed E-state index contributed by atoms with van der Waals surface area (Å²) in [5.41, 5.74) is 5.19. The predicted octanol–water partition coefficient (Wildman–Crippen LogP) is -0.197. The Kier molecular flexibility index (Phi) is 7.48. The predicted molar refractivity (Wildman–Crippen MR) is 88.4 cm³/mol. The molecule has 1 aliphatic heterocycles. The highest BCUT2D eigenvalue weighted by Gasteiger charge is 2.30. The van der Waals surface area contributed by atoms with Gasteiger partial charge in [0, 0.05) is 32.6 Å². The van der Waals surface area contributed by atoms with Gasteiger partial charge in [-0.3, -0.25) is 19.3 Å². The zero-order valence-electron chi connectivity index (χ0n) is 14.7. The van der Waals surface area contributed by atoms with Gasteiger partial charge in [0.2, 0.25) is 17.7 Å². The fraction of sp³-hybridized carbons (Fsp3) is 0.812. The summed E-state index contributed by atoms with van der Waals surface area (Å²) < 4.78 is 0. The Hall–Kier alpha value is -1.63. The number of piperazine rings is 1. The molecular formula is C16H30N4O3. The molecule has 1 saturated heterocycles. The normalized spacial score (nSPS) is 17.4. The van der Waals surface area contributed by atoms with Crippen LogP contribution < -0.4 is 11.1 Å². The molecule has 132 valence electrons. The van der Waals surface area contributed by atoms with Crippen LogP contribution in [0.5, 0.6) is 0 Å². The third-order valence-electron chi connectivity index (χ3n) is 3.91. The van der Waals surface area contributed by atoms with Crippen LogP contribution in [0.4, 0.5) is 0 Å². The first-order chi connectivity index (χ1) is 10.7. The van der Waals surface area contributed by atoms with Crippen molar-refractivity contribution in [2.75, 3.05) is 32.7 Å². The molecule has 0 spiro atoms. The summed E-state index contributed by atoms with van der Waals surface area (Å²) in [4.78, 5) is 39.3. The summed E-state index contributed by atoms with van der Waals surface area (Å²) in [5, 5.41) is 2.87. The quantitative estimate of drug-likeness (QED) is 0.677. The molecule has 1 rings (SSSR count). The molecule has 23 heavy (non-hydrogen) atoms. The first-order valence-electron chi connectivity index (χ1n) is 8.29. The Balaban J connectivity index is 2.58. The SMILES string of the molecule is CC(C)CC(=O)N[C@@H](C(=O)N1CCN(CC(N)=O)CC1)C(C)C. The molecule has 7 nitrogen and oxygen atoms in total. The van der Waals surface area contributed by atoms with Crippen molar-refractivity contribution in [2.45, 2.75) is 40.2 Å². The summed E-state index contributed by atoms with van der Waals surface area (Å²) in [7, 11) is 0. The molecule has 7 heteroatoms. The van der Waals surface area contributed by atoms with Crippen LogP contribution in [0.1, 0.15) is 34.1 Å². The van der Waals surface area contributed by atoms with Crippen molar-refractivity contribution in [3.05, 3.63) is 0 Å². The van der Waals surface area contributed by atoms with E-state index in [9.17, 15) is 14.4 Å². The third kappa shape index (κ3) is 6.56. The van der Waals surface area contributed by atoms with Gasteiger partial charge in [-0.05, 0) is 11.8 Å². The minimum absolute atomic E-state index is 0.0299. The maximum Gasteiger partial charge on any atom is 0.245 e. The van der Waals surface area contributed by atoms with E-state index in [2.05, 4.69) is 5.32 Å². The van der Waals surface area contributed by atoms with Gasteiger partial charge >= 0.3 is 0 Å². The van der Waals surface area contributed by atoms with E-state index in [0.29, 0.717) is 32.6 Å². The van der Waals surface area contributed by atoms with E-state index in [1.54, 1.807) is 4.90 Å². The summed E-state index contributed by atoms with van der Waals surface area (Å²) in [6.07, 6.45) is 0.420. The fourth-order valence-corrected chi connectivity index (χ4v) is 2.66. The molecule has 0 aromatic heterocycles. The minimum Gasteiger partial charge on any atom is -0.369 e. The van der Waals surface area contributed by atoms with Crippen LogP contribution in [-0.2, 0) is 14.4 Å². The van der Waals surface area contributed by atoms with E-state index in [1.165, 1.54) is 0 Å². The highest BCUT2D eigenvalue weighted by molar-refractivity contribution is 5.88. The largest absolute Gasteiger partial charge is 0.369 e. The molecule has 1 fully saturated rings. The molecule has 0 aromatic carbocycles. The number of nitrogens with one attached hydrogen (secondary N) is 1. The van der Waals surface area contributed by atoms with Crippen molar-refractivity contribution in [1.82, 2.24) is 15.1 Å². The molecule has 0 bridgehead atoms. The number of nitrogens with zero attached hydrogens (tertiary/aromatic N) is 2. The highest BCUT2D eigenvalue weighted by atomic mass is 16.2. The van der Waals surface area contributed by atoms with Gasteiger partial charge in [0.05, 0.1) is 6.54 Å². The van der Waals surface area contributed by atoms with Gasteiger partial charge in [0.25, 0.3) is 0 Å². The zero-order chi connectivity index (χ0) is 17.6. The number of hydrogen-bond acceptors (Lipinski definition) is 4. The van der Waals surface area contributed by atoms with Crippen LogP contribution >= 0.6 is 0 Å². The number of amides is 3. The summed E-state index contributed by atoms with van der Waals surface area (Å²) >= 11 is 0. The maximum atomic E-state index is 12.7. The van der Waals surface area contributed by atoms with Gasteiger partial charge in [-0.2, -0.15) is 0 Å². The molecule has 1 atom stereocenters. The van der Waals surface area contributed by atoms with Gasteiger partial charge in [-0.15, -0.1) is 0 Å². The molecule has 1 heterocycles. The lowest BCUT2D eigenvalue weighted by atomic mass is 10.0. The number of primary amides is 1. The molecule has 0 saturated carbocycles. The van der Waals surface area contributed by atoms with E-state index in [-0.39, 0.29) is 36.1 Å². The van der Waals surface area contributed by atoms with Crippen LogP contribution in [0.15, 0.2) is 0 Å². The van der Waals surface area contributed by atoms with Gasteiger partial charge < -0.3 is 16.0 Å². The lowest BCUT2D eigenvalue weighted by Crippen LogP contribution is -2.57. The van der Waals surface area contributed by atoms with Crippen molar-refractivity contribution in [2.24, 2.45) is 17.6 Å². The number of rotatable bonds is 7. The smallest absolute Gasteiger partial charge is 0.245 e. The van der Waals surface area contributed by atoms with Gasteiger partial charge in [-0.25, -0.2) is 0 Å². The van der Waals surface area contributed by atoms with Crippen molar-refractivity contribution < 1.29 is 14.4 Å². The monoisotopic (exact) mass is 326 g/mol. The Morgan fingerprint density at radius 3 is 2.04 bits per heavy atom. The third-order valence-corrected chi connectivity index (χ3v) is 3.91. The fourth-order valence-electron chi connectivity index (χ4n) is 2.66. The Morgan fingerprint density at radius 1 is 1.04 bits per heavy atom. The Bertz CT molecular complexity index is 429. The topological polar surface area (TPSA) is 95.7 Å². The summed E-state index contributed by atoms with van der Waals surface area (Å²) in [6.45, 7) is 10.4. The molecular weight excluding hydrogens is 296 g/mol. The molecule has 0 unspecified atom stereocenters. The van der Waals surface area contributed by atoms with Crippen LogP contribution in [0, 0.1) is 11.8 Å². The lowest BCUT2D eigenvalue weighted by Gasteiger charge is -2.36. The van der Waals surface area contributed by atoms with Gasteiger partial charge in [0.1, 0.15) is 6.04 Å². The van der Waals surface area contributed by atoms with Gasteiger partial charge in [-0.1, -0.05) is 27.7 Å². The Morgan fingerprint density at radius 2 is 1.61 bits per heavy atom. The zero-order valence-corrected chi connectivity index (χ0v) is 14.7. The summed E-state index contributed by atoms with van der Waals surface area (Å²) in [6, 6.07) is -0.496. The van der Waals surface area contributed by atoms with E-state index >= 15 is 0 Å². The van der Waals surface area contributed by atoms with Crippen molar-refractivity contribution >= 4 is 17.7 Å². The van der Waals surface area contributed by atoms with Crippen molar-refractivity contribution in [3.8, 4) is 0 Å². The van der Waals surface area contributed by atoms with Crippen molar-refractivity contribution in [1.29, 1.82) is 0 Å². The van der Waals surface area contributed by atoms with Gasteiger partial charge in [0.15, 0.2) is 0 Å². The second-order valence-corrected chi connectivity index (χ2v) is 6.95. The van der Waals surface area contributed by atoms with E-state index in [1.807, 2.05) is 32.6 Å². The second-order valence-electron chi connectivity index (χ2n) is 6.95. The average Bonchev–Trinajstić information content (AvgIpc) is 2.43. The van der Waals surface area contributed by atoms with Crippen molar-refractivity contribution in [3.63, 3.8) is 0 Å². The highest BCUT2D eigenvalue weighted by Crippen LogP contribution is 2.11. The summed E-state index contributed by atoms with van der Waals surface area (Å²) in [5.74, 6) is -0.196. The molecule has 0 aromatic rings. The standard InChI is InChI=1S/C16H30N4O3/c1-11(2)9-14(22)18-15(12(3)4)16(23)20-7-5-19(6-8-20)10-13(17)21/h11-12,15H,5-10H2,1-4H3,(H2,17,21)(H,18,22)/t15-/m1/s1. The number of carbonyl (C=O) groups is 3. The second kappa shape index (κ2) is 8.86. The molecule has 1 aliphatic rings. The lowest BCUT2D eigenvalue weighted by molar-refractivity contribution is -0.139. The first kappa shape index (κ1) is 19.4. The molecule has 3 amide bonds. The molecule has 0 radical (unpaired) electrons. The average molecular weight is 326 g/mol. The van der Waals surface area contributed by atoms with Crippen LogP contribution in [0.2, 0.25) is 0 Å². The van der Waals surface area contributed by atoms with E-state index < -0.39 is 6.04 Å². The number of nitrogens with two attached hydrogens (primary N) is 1. The van der Waals surface area contributed by atoms with Crippen LogP contribution in [-0.4, -0.2) is 66.3 Å². The Labute approximate surface area is 138 Å². The minimum atomic E-state index is -0.496. The molecule has 0 aliphatic carbocycles. The molecule has 3 N–H and O–H groups in total. The first-order valence-corrected chi connectivity index (χ1v) is 8.29. The number of carbonyl (C=O) groups excluding carboxylic acids is 3. The van der Waals surface area contributed by atoms with Crippen LogP contribution in [0.3, 0.4) is 0 Å². The van der Waals surface area contributed by atoms with E-state index in [4.69, 9.17) is 5.73 Å².